The highest BCUT2D eigenvalue weighted by Crippen LogP contribution is 2.25. The minimum Gasteiger partial charge on any atom is -0.495 e. The third kappa shape index (κ3) is 3.19. The van der Waals surface area contributed by atoms with Crippen molar-refractivity contribution in [3.05, 3.63) is 29.6 Å². The molecule has 0 aliphatic heterocycles. The first-order valence-electron chi connectivity index (χ1n) is 5.98. The normalized spacial score (nSPS) is 11.2. The number of aromatic nitrogens is 3. The molecule has 0 radical (unpaired) electrons. The number of benzene rings is 1. The molecule has 3 N–H and O–H groups in total. The van der Waals surface area contributed by atoms with Crippen LogP contribution in [0.15, 0.2) is 23.1 Å². The molecule has 0 unspecified atom stereocenters. The summed E-state index contributed by atoms with van der Waals surface area (Å²) in [4.78, 5) is 4.01. The first-order chi connectivity index (χ1) is 9.83. The van der Waals surface area contributed by atoms with Crippen LogP contribution in [0.25, 0.3) is 0 Å². The van der Waals surface area contributed by atoms with Crippen LogP contribution in [0.3, 0.4) is 0 Å². The van der Waals surface area contributed by atoms with Gasteiger partial charge in [-0.05, 0) is 32.0 Å². The molecule has 0 saturated heterocycles. The van der Waals surface area contributed by atoms with Gasteiger partial charge in [0.1, 0.15) is 5.75 Å². The van der Waals surface area contributed by atoms with Crippen LogP contribution >= 0.6 is 0 Å². The quantitative estimate of drug-likeness (QED) is 0.804. The summed E-state index contributed by atoms with van der Waals surface area (Å²) in [5.41, 5.74) is 7.15. The van der Waals surface area contributed by atoms with Gasteiger partial charge in [0.2, 0.25) is 0 Å². The molecule has 0 fully saturated rings. The second-order valence-corrected chi connectivity index (χ2v) is 6.00. The summed E-state index contributed by atoms with van der Waals surface area (Å²) in [5, 5.41) is 7.52. The fourth-order valence-electron chi connectivity index (χ4n) is 1.56. The first kappa shape index (κ1) is 15.0. The molecule has 0 amide bonds. The molecular formula is C12H15N5O3S. The molecule has 1 aromatic heterocycles. The number of nitrogens with one attached hydrogen (secondary N) is 1. The largest absolute Gasteiger partial charge is 0.495 e. The molecule has 112 valence electrons. The zero-order valence-electron chi connectivity index (χ0n) is 11.8. The molecular weight excluding hydrogens is 294 g/mol. The van der Waals surface area contributed by atoms with Crippen molar-refractivity contribution in [1.82, 2.24) is 15.2 Å². The molecule has 0 aliphatic carbocycles. The predicted molar refractivity (Wildman–Crippen MR) is 77.5 cm³/mol. The van der Waals surface area contributed by atoms with E-state index in [9.17, 15) is 8.42 Å². The minimum atomic E-state index is -3.84. The fourth-order valence-corrected chi connectivity index (χ4v) is 2.53. The van der Waals surface area contributed by atoms with Crippen LogP contribution in [-0.4, -0.2) is 30.7 Å². The Balaban J connectivity index is 2.33. The number of anilines is 2. The SMILES string of the molecule is COc1ccc(S(=O)(=O)Nc2nnc(C)c(C)n2)cc1N. The Morgan fingerprint density at radius 3 is 2.48 bits per heavy atom. The van der Waals surface area contributed by atoms with Crippen molar-refractivity contribution in [2.45, 2.75) is 18.7 Å². The summed E-state index contributed by atoms with van der Waals surface area (Å²) in [7, 11) is -2.39. The average molecular weight is 309 g/mol. The van der Waals surface area contributed by atoms with E-state index >= 15 is 0 Å². The molecule has 1 heterocycles. The van der Waals surface area contributed by atoms with Crippen molar-refractivity contribution in [3.63, 3.8) is 0 Å². The van der Waals surface area contributed by atoms with Crippen molar-refractivity contribution in [1.29, 1.82) is 0 Å². The van der Waals surface area contributed by atoms with Crippen LogP contribution in [0.1, 0.15) is 11.4 Å². The van der Waals surface area contributed by atoms with Crippen molar-refractivity contribution in [2.75, 3.05) is 17.6 Å². The standard InChI is InChI=1S/C12H15N5O3S/c1-7-8(2)15-16-12(14-7)17-21(18,19)9-4-5-11(20-3)10(13)6-9/h4-6H,13H2,1-3H3,(H,14,16,17). The summed E-state index contributed by atoms with van der Waals surface area (Å²) in [5.74, 6) is 0.311. The second kappa shape index (κ2) is 5.52. The van der Waals surface area contributed by atoms with E-state index in [1.807, 2.05) is 0 Å². The van der Waals surface area contributed by atoms with E-state index in [4.69, 9.17) is 10.5 Å². The molecule has 8 nitrogen and oxygen atoms in total. The smallest absolute Gasteiger partial charge is 0.264 e. The van der Waals surface area contributed by atoms with Gasteiger partial charge in [0.05, 0.1) is 29.1 Å². The highest BCUT2D eigenvalue weighted by atomic mass is 32.2. The number of hydrogen-bond acceptors (Lipinski definition) is 7. The Bertz CT molecular complexity index is 776. The lowest BCUT2D eigenvalue weighted by molar-refractivity contribution is 0.416. The molecule has 0 saturated carbocycles. The molecule has 0 atom stereocenters. The minimum absolute atomic E-state index is 0.0115. The maximum Gasteiger partial charge on any atom is 0.264 e. The zero-order valence-corrected chi connectivity index (χ0v) is 12.6. The number of nitrogens with zero attached hydrogens (tertiary/aromatic N) is 3. The maximum atomic E-state index is 12.2. The number of rotatable bonds is 4. The first-order valence-corrected chi connectivity index (χ1v) is 7.46. The van der Waals surface area contributed by atoms with Crippen molar-refractivity contribution in [2.24, 2.45) is 0 Å². The summed E-state index contributed by atoms with van der Waals surface area (Å²) in [6, 6.07) is 4.16. The lowest BCUT2D eigenvalue weighted by atomic mass is 10.3. The molecule has 2 aromatic rings. The number of ether oxygens (including phenoxy) is 1. The van der Waals surface area contributed by atoms with Gasteiger partial charge < -0.3 is 10.5 Å². The Labute approximate surface area is 122 Å². The Hall–Kier alpha value is -2.42. The Morgan fingerprint density at radius 2 is 1.90 bits per heavy atom. The Kier molecular flexibility index (Phi) is 3.94. The van der Waals surface area contributed by atoms with E-state index in [1.54, 1.807) is 13.8 Å². The van der Waals surface area contributed by atoms with E-state index in [0.717, 1.165) is 0 Å². The van der Waals surface area contributed by atoms with Gasteiger partial charge in [-0.2, -0.15) is 5.10 Å². The van der Waals surface area contributed by atoms with Crippen LogP contribution in [0.5, 0.6) is 5.75 Å². The molecule has 21 heavy (non-hydrogen) atoms. The lowest BCUT2D eigenvalue weighted by Crippen LogP contribution is -2.16. The van der Waals surface area contributed by atoms with Crippen LogP contribution in [0.4, 0.5) is 11.6 Å². The molecule has 0 aliphatic rings. The zero-order chi connectivity index (χ0) is 15.6. The van der Waals surface area contributed by atoms with E-state index in [2.05, 4.69) is 19.9 Å². The number of nitrogens with two attached hydrogens (primary N) is 1. The monoisotopic (exact) mass is 309 g/mol. The lowest BCUT2D eigenvalue weighted by Gasteiger charge is -2.09. The highest BCUT2D eigenvalue weighted by molar-refractivity contribution is 7.92. The van der Waals surface area contributed by atoms with E-state index in [1.165, 1.54) is 25.3 Å². The van der Waals surface area contributed by atoms with E-state index in [-0.39, 0.29) is 16.5 Å². The van der Waals surface area contributed by atoms with Gasteiger partial charge in [-0.25, -0.2) is 18.1 Å². The van der Waals surface area contributed by atoms with Crippen LogP contribution in [0, 0.1) is 13.8 Å². The van der Waals surface area contributed by atoms with E-state index < -0.39 is 10.0 Å². The number of sulfonamides is 1. The van der Waals surface area contributed by atoms with Gasteiger partial charge in [-0.3, -0.25) is 0 Å². The predicted octanol–water partition coefficient (Wildman–Crippen LogP) is 0.880. The number of nitrogen functional groups attached to an aromatic ring is 1. The highest BCUT2D eigenvalue weighted by Gasteiger charge is 2.18. The van der Waals surface area contributed by atoms with Crippen molar-refractivity contribution < 1.29 is 13.2 Å². The molecule has 0 spiro atoms. The third-order valence-electron chi connectivity index (χ3n) is 2.83. The van der Waals surface area contributed by atoms with Crippen LogP contribution in [0.2, 0.25) is 0 Å². The van der Waals surface area contributed by atoms with Crippen molar-refractivity contribution >= 4 is 21.7 Å². The maximum absolute atomic E-state index is 12.2. The van der Waals surface area contributed by atoms with Crippen LogP contribution < -0.4 is 15.2 Å². The van der Waals surface area contributed by atoms with Crippen LogP contribution in [-0.2, 0) is 10.0 Å². The molecule has 9 heteroatoms. The summed E-state index contributed by atoms with van der Waals surface area (Å²) >= 11 is 0. The van der Waals surface area contributed by atoms with Gasteiger partial charge in [-0.1, -0.05) is 0 Å². The average Bonchev–Trinajstić information content (AvgIpc) is 2.42. The summed E-state index contributed by atoms with van der Waals surface area (Å²) in [6.07, 6.45) is 0. The van der Waals surface area contributed by atoms with Gasteiger partial charge in [0, 0.05) is 0 Å². The van der Waals surface area contributed by atoms with Gasteiger partial charge in [0.15, 0.2) is 0 Å². The molecule has 1 aromatic carbocycles. The topological polar surface area (TPSA) is 120 Å². The van der Waals surface area contributed by atoms with E-state index in [0.29, 0.717) is 17.1 Å². The van der Waals surface area contributed by atoms with Gasteiger partial charge >= 0.3 is 0 Å². The number of hydrogen-bond donors (Lipinski definition) is 2. The fraction of sp³-hybridized carbons (Fsp3) is 0.250. The molecule has 2 rings (SSSR count). The third-order valence-corrected chi connectivity index (χ3v) is 4.15. The molecule has 0 bridgehead atoms. The van der Waals surface area contributed by atoms with Gasteiger partial charge in [-0.15, -0.1) is 5.10 Å². The number of aryl methyl sites for hydroxylation is 2. The number of methoxy groups -OCH3 is 1. The summed E-state index contributed by atoms with van der Waals surface area (Å²) in [6.45, 7) is 3.45. The van der Waals surface area contributed by atoms with Gasteiger partial charge in [0.25, 0.3) is 16.0 Å². The summed E-state index contributed by atoms with van der Waals surface area (Å²) < 4.78 is 31.7. The Morgan fingerprint density at radius 1 is 1.19 bits per heavy atom. The van der Waals surface area contributed by atoms with Crippen molar-refractivity contribution in [3.8, 4) is 5.75 Å². The second-order valence-electron chi connectivity index (χ2n) is 4.32.